The van der Waals surface area contributed by atoms with Crippen LogP contribution in [0.4, 0.5) is 11.4 Å². The van der Waals surface area contributed by atoms with Gasteiger partial charge >= 0.3 is 0 Å². The lowest BCUT2D eigenvalue weighted by Gasteiger charge is -2.10. The van der Waals surface area contributed by atoms with Crippen molar-refractivity contribution in [1.29, 1.82) is 0 Å². The third kappa shape index (κ3) is 3.62. The summed E-state index contributed by atoms with van der Waals surface area (Å²) in [5.74, 6) is -0.217. The highest BCUT2D eigenvalue weighted by Gasteiger charge is 2.20. The number of hydrogen-bond donors (Lipinski definition) is 1. The summed E-state index contributed by atoms with van der Waals surface area (Å²) in [4.78, 5) is 22.7. The Bertz CT molecular complexity index is 729. The lowest BCUT2D eigenvalue weighted by Crippen LogP contribution is -2.14. The van der Waals surface area contributed by atoms with Crippen molar-refractivity contribution >= 4 is 28.9 Å². The Balaban J connectivity index is 2.30. The van der Waals surface area contributed by atoms with Gasteiger partial charge in [0.1, 0.15) is 5.56 Å². The van der Waals surface area contributed by atoms with Crippen molar-refractivity contribution in [2.45, 2.75) is 19.8 Å². The van der Waals surface area contributed by atoms with Crippen molar-refractivity contribution in [3.63, 3.8) is 0 Å². The molecule has 2 aromatic carbocycles. The van der Waals surface area contributed by atoms with Gasteiger partial charge in [-0.1, -0.05) is 37.6 Å². The molecule has 1 N–H and O–H groups in total. The monoisotopic (exact) mass is 318 g/mol. The fourth-order valence-corrected chi connectivity index (χ4v) is 2.19. The summed E-state index contributed by atoms with van der Waals surface area (Å²) in [7, 11) is 0. The minimum Gasteiger partial charge on any atom is -0.322 e. The molecule has 0 heterocycles. The lowest BCUT2D eigenvalue weighted by molar-refractivity contribution is -0.385. The zero-order valence-electron chi connectivity index (χ0n) is 12.2. The van der Waals surface area contributed by atoms with Crippen molar-refractivity contribution in [2.75, 3.05) is 5.32 Å². The van der Waals surface area contributed by atoms with E-state index < -0.39 is 10.8 Å². The Morgan fingerprint density at radius 1 is 1.23 bits per heavy atom. The number of benzene rings is 2. The summed E-state index contributed by atoms with van der Waals surface area (Å²) in [5, 5.41) is 13.9. The topological polar surface area (TPSA) is 72.2 Å². The first-order valence-electron chi connectivity index (χ1n) is 6.73. The molecule has 6 heteroatoms. The van der Waals surface area contributed by atoms with E-state index in [9.17, 15) is 14.9 Å². The van der Waals surface area contributed by atoms with Crippen molar-refractivity contribution in [1.82, 2.24) is 0 Å². The van der Waals surface area contributed by atoms with Gasteiger partial charge in [0.2, 0.25) is 0 Å². The highest BCUT2D eigenvalue weighted by molar-refractivity contribution is 6.31. The summed E-state index contributed by atoms with van der Waals surface area (Å²) in [6.07, 6.45) is 0. The van der Waals surface area contributed by atoms with Crippen LogP contribution >= 0.6 is 11.6 Å². The maximum absolute atomic E-state index is 12.3. The number of hydrogen-bond acceptors (Lipinski definition) is 3. The molecule has 0 aromatic heterocycles. The number of amides is 1. The Kier molecular flexibility index (Phi) is 4.78. The van der Waals surface area contributed by atoms with E-state index in [0.29, 0.717) is 11.6 Å². The third-order valence-electron chi connectivity index (χ3n) is 3.21. The van der Waals surface area contributed by atoms with Crippen LogP contribution in [0.5, 0.6) is 0 Å². The molecule has 1 amide bonds. The van der Waals surface area contributed by atoms with Crippen LogP contribution in [-0.4, -0.2) is 10.8 Å². The number of anilines is 1. The minimum atomic E-state index is -0.620. The molecular formula is C16H15ClN2O3. The van der Waals surface area contributed by atoms with Crippen molar-refractivity contribution < 1.29 is 9.72 Å². The second kappa shape index (κ2) is 6.58. The zero-order chi connectivity index (χ0) is 16.3. The first-order valence-corrected chi connectivity index (χ1v) is 7.11. The van der Waals surface area contributed by atoms with E-state index in [1.165, 1.54) is 18.2 Å². The molecule has 0 fully saturated rings. The van der Waals surface area contributed by atoms with Gasteiger partial charge in [0.25, 0.3) is 11.6 Å². The normalized spacial score (nSPS) is 10.5. The van der Waals surface area contributed by atoms with Crippen LogP contribution < -0.4 is 5.32 Å². The number of nitro benzene ring substituents is 1. The summed E-state index contributed by atoms with van der Waals surface area (Å²) < 4.78 is 0. The van der Waals surface area contributed by atoms with Crippen LogP contribution in [0.25, 0.3) is 0 Å². The fraction of sp³-hybridized carbons (Fsp3) is 0.188. The number of nitrogens with zero attached hydrogens (tertiary/aromatic N) is 1. The van der Waals surface area contributed by atoms with Gasteiger partial charge in [0.15, 0.2) is 0 Å². The number of nitrogens with one attached hydrogen (secondary N) is 1. The smallest absolute Gasteiger partial charge is 0.283 e. The van der Waals surface area contributed by atoms with Crippen LogP contribution in [0, 0.1) is 10.1 Å². The average Bonchev–Trinajstić information content (AvgIpc) is 2.47. The van der Waals surface area contributed by atoms with Gasteiger partial charge in [-0.2, -0.15) is 0 Å². The van der Waals surface area contributed by atoms with E-state index in [-0.39, 0.29) is 16.3 Å². The molecule has 0 atom stereocenters. The highest BCUT2D eigenvalue weighted by atomic mass is 35.5. The maximum Gasteiger partial charge on any atom is 0.283 e. The standard InChI is InChI=1S/C16H15ClN2O3/c1-10(2)11-4-3-5-13(8-11)18-16(20)14-7-6-12(17)9-15(14)19(21)22/h3-10H,1-2H3,(H,18,20). The third-order valence-corrected chi connectivity index (χ3v) is 3.45. The summed E-state index contributed by atoms with van der Waals surface area (Å²) in [6.45, 7) is 4.09. The van der Waals surface area contributed by atoms with Gasteiger partial charge < -0.3 is 5.32 Å². The van der Waals surface area contributed by atoms with E-state index in [1.54, 1.807) is 6.07 Å². The molecule has 0 aliphatic rings. The number of halogens is 1. The van der Waals surface area contributed by atoms with E-state index in [4.69, 9.17) is 11.6 Å². The quantitative estimate of drug-likeness (QED) is 0.660. The molecule has 114 valence electrons. The van der Waals surface area contributed by atoms with E-state index in [0.717, 1.165) is 5.56 Å². The Hall–Kier alpha value is -2.40. The Morgan fingerprint density at radius 3 is 2.59 bits per heavy atom. The summed E-state index contributed by atoms with van der Waals surface area (Å²) >= 11 is 5.75. The van der Waals surface area contributed by atoms with Gasteiger partial charge in [-0.25, -0.2) is 0 Å². The molecule has 0 aliphatic heterocycles. The molecule has 0 bridgehead atoms. The minimum absolute atomic E-state index is 0.0237. The molecule has 2 rings (SSSR count). The predicted molar refractivity (Wildman–Crippen MR) is 86.6 cm³/mol. The SMILES string of the molecule is CC(C)c1cccc(NC(=O)c2ccc(Cl)cc2[N+](=O)[O-])c1. The largest absolute Gasteiger partial charge is 0.322 e. The molecule has 0 unspecified atom stereocenters. The Morgan fingerprint density at radius 2 is 1.95 bits per heavy atom. The average molecular weight is 319 g/mol. The maximum atomic E-state index is 12.3. The predicted octanol–water partition coefficient (Wildman–Crippen LogP) is 4.62. The number of nitro groups is 1. The molecule has 0 spiro atoms. The Labute approximate surface area is 133 Å². The van der Waals surface area contributed by atoms with Crippen LogP contribution in [0.15, 0.2) is 42.5 Å². The van der Waals surface area contributed by atoms with E-state index in [2.05, 4.69) is 5.32 Å². The van der Waals surface area contributed by atoms with Crippen LogP contribution in [0.1, 0.15) is 35.7 Å². The molecule has 0 saturated carbocycles. The molecular weight excluding hydrogens is 304 g/mol. The summed E-state index contributed by atoms with van der Waals surface area (Å²) in [6, 6.07) is 11.4. The van der Waals surface area contributed by atoms with Crippen LogP contribution in [0.2, 0.25) is 5.02 Å². The van der Waals surface area contributed by atoms with E-state index in [1.807, 2.05) is 32.0 Å². The van der Waals surface area contributed by atoms with Crippen molar-refractivity contribution in [2.24, 2.45) is 0 Å². The summed E-state index contributed by atoms with van der Waals surface area (Å²) in [5.41, 5.74) is 1.33. The van der Waals surface area contributed by atoms with Crippen molar-refractivity contribution in [3.05, 3.63) is 68.7 Å². The fourth-order valence-electron chi connectivity index (χ4n) is 2.02. The second-order valence-electron chi connectivity index (χ2n) is 5.15. The van der Waals surface area contributed by atoms with Gasteiger partial charge in [-0.15, -0.1) is 0 Å². The lowest BCUT2D eigenvalue weighted by atomic mass is 10.0. The van der Waals surface area contributed by atoms with Crippen LogP contribution in [0.3, 0.4) is 0 Å². The van der Waals surface area contributed by atoms with Gasteiger partial charge in [-0.05, 0) is 35.7 Å². The molecule has 0 radical (unpaired) electrons. The molecule has 0 aliphatic carbocycles. The highest BCUT2D eigenvalue weighted by Crippen LogP contribution is 2.25. The van der Waals surface area contributed by atoms with Gasteiger partial charge in [0.05, 0.1) is 4.92 Å². The number of carbonyl (C=O) groups is 1. The zero-order valence-corrected chi connectivity index (χ0v) is 12.9. The second-order valence-corrected chi connectivity index (χ2v) is 5.59. The van der Waals surface area contributed by atoms with E-state index >= 15 is 0 Å². The number of carbonyl (C=O) groups excluding carboxylic acids is 1. The van der Waals surface area contributed by atoms with Gasteiger partial charge in [0, 0.05) is 16.8 Å². The molecule has 22 heavy (non-hydrogen) atoms. The van der Waals surface area contributed by atoms with Gasteiger partial charge in [-0.3, -0.25) is 14.9 Å². The molecule has 0 saturated heterocycles. The first-order chi connectivity index (χ1) is 10.4. The van der Waals surface area contributed by atoms with Crippen molar-refractivity contribution in [3.8, 4) is 0 Å². The molecule has 2 aromatic rings. The molecule has 5 nitrogen and oxygen atoms in total. The first kappa shape index (κ1) is 16.0. The number of rotatable bonds is 4. The van der Waals surface area contributed by atoms with Crippen LogP contribution in [-0.2, 0) is 0 Å².